The van der Waals surface area contributed by atoms with E-state index in [2.05, 4.69) is 5.32 Å². The Balaban J connectivity index is 1.71. The molecule has 158 valence electrons. The SMILES string of the molecule is CS(=O)(=O)N(CCCC(=O)NCCSCc1ccccc1F)c1ccccc1F. The highest BCUT2D eigenvalue weighted by Crippen LogP contribution is 2.21. The summed E-state index contributed by atoms with van der Waals surface area (Å²) in [7, 11) is -3.66. The van der Waals surface area contributed by atoms with Crippen molar-refractivity contribution in [3.05, 3.63) is 65.7 Å². The number of carbonyl (C=O) groups excluding carboxylic acids is 1. The number of hydrogen-bond donors (Lipinski definition) is 1. The zero-order valence-electron chi connectivity index (χ0n) is 16.1. The molecule has 0 heterocycles. The minimum absolute atomic E-state index is 0.00915. The molecule has 2 aromatic carbocycles. The van der Waals surface area contributed by atoms with Crippen LogP contribution in [-0.4, -0.2) is 39.4 Å². The molecule has 0 atom stereocenters. The predicted octanol–water partition coefficient (Wildman–Crippen LogP) is 3.56. The lowest BCUT2D eigenvalue weighted by molar-refractivity contribution is -0.121. The number of sulfonamides is 1. The van der Waals surface area contributed by atoms with Crippen LogP contribution in [0.2, 0.25) is 0 Å². The van der Waals surface area contributed by atoms with Crippen LogP contribution in [-0.2, 0) is 20.6 Å². The number of nitrogens with one attached hydrogen (secondary N) is 1. The number of halogens is 2. The van der Waals surface area contributed by atoms with Crippen LogP contribution in [0.25, 0.3) is 0 Å². The van der Waals surface area contributed by atoms with Crippen molar-refractivity contribution in [2.24, 2.45) is 0 Å². The lowest BCUT2D eigenvalue weighted by atomic mass is 10.2. The Morgan fingerprint density at radius 2 is 1.72 bits per heavy atom. The summed E-state index contributed by atoms with van der Waals surface area (Å²) in [5.74, 6) is 0.0706. The van der Waals surface area contributed by atoms with Crippen molar-refractivity contribution < 1.29 is 22.0 Å². The van der Waals surface area contributed by atoms with E-state index in [-0.39, 0.29) is 36.8 Å². The van der Waals surface area contributed by atoms with Gasteiger partial charge >= 0.3 is 0 Å². The first-order valence-corrected chi connectivity index (χ1v) is 12.1. The highest BCUT2D eigenvalue weighted by Gasteiger charge is 2.20. The third kappa shape index (κ3) is 7.66. The standard InChI is InChI=1S/C20H24F2N2O3S2/c1-29(26,27)24(19-10-5-4-9-18(19)22)13-6-11-20(25)23-12-14-28-15-16-7-2-3-8-17(16)21/h2-5,7-10H,6,11-15H2,1H3,(H,23,25). The van der Waals surface area contributed by atoms with E-state index in [1.807, 2.05) is 0 Å². The van der Waals surface area contributed by atoms with Gasteiger partial charge in [-0.1, -0.05) is 30.3 Å². The molecule has 0 unspecified atom stereocenters. The summed E-state index contributed by atoms with van der Waals surface area (Å²) in [5, 5.41) is 2.75. The Kier molecular flexibility index (Phi) is 8.91. The maximum Gasteiger partial charge on any atom is 0.232 e. The number of carbonyl (C=O) groups is 1. The molecule has 0 fully saturated rings. The van der Waals surface area contributed by atoms with Gasteiger partial charge in [-0.25, -0.2) is 17.2 Å². The third-order valence-electron chi connectivity index (χ3n) is 4.07. The molecule has 0 saturated heterocycles. The van der Waals surface area contributed by atoms with Gasteiger partial charge in [0.25, 0.3) is 0 Å². The van der Waals surface area contributed by atoms with Crippen LogP contribution in [0.15, 0.2) is 48.5 Å². The quantitative estimate of drug-likeness (QED) is 0.541. The molecule has 1 N–H and O–H groups in total. The Morgan fingerprint density at radius 3 is 2.38 bits per heavy atom. The molecule has 29 heavy (non-hydrogen) atoms. The zero-order valence-corrected chi connectivity index (χ0v) is 17.7. The van der Waals surface area contributed by atoms with Gasteiger partial charge in [-0.15, -0.1) is 0 Å². The van der Waals surface area contributed by atoms with Crippen LogP contribution in [0, 0.1) is 11.6 Å². The Hall–Kier alpha value is -2.13. The molecule has 0 saturated carbocycles. The second kappa shape index (κ2) is 11.2. The third-order valence-corrected chi connectivity index (χ3v) is 6.26. The number of hydrogen-bond acceptors (Lipinski definition) is 4. The highest BCUT2D eigenvalue weighted by molar-refractivity contribution is 7.98. The minimum Gasteiger partial charge on any atom is -0.355 e. The number of amides is 1. The number of thioether (sulfide) groups is 1. The molecular formula is C20H24F2N2O3S2. The first-order chi connectivity index (χ1) is 13.8. The van der Waals surface area contributed by atoms with Crippen LogP contribution in [0.4, 0.5) is 14.5 Å². The van der Waals surface area contributed by atoms with E-state index in [0.717, 1.165) is 10.6 Å². The van der Waals surface area contributed by atoms with Crippen molar-refractivity contribution in [1.29, 1.82) is 0 Å². The fourth-order valence-electron chi connectivity index (χ4n) is 2.65. The van der Waals surface area contributed by atoms with Crippen LogP contribution >= 0.6 is 11.8 Å². The molecule has 0 spiro atoms. The van der Waals surface area contributed by atoms with E-state index in [1.165, 1.54) is 36.0 Å². The van der Waals surface area contributed by atoms with E-state index >= 15 is 0 Å². The summed E-state index contributed by atoms with van der Waals surface area (Å²) in [6.07, 6.45) is 1.39. The van der Waals surface area contributed by atoms with Gasteiger partial charge in [0.1, 0.15) is 11.6 Å². The van der Waals surface area contributed by atoms with E-state index in [9.17, 15) is 22.0 Å². The first kappa shape index (κ1) is 23.2. The van der Waals surface area contributed by atoms with E-state index in [4.69, 9.17) is 0 Å². The second-order valence-electron chi connectivity index (χ2n) is 6.38. The van der Waals surface area contributed by atoms with E-state index in [0.29, 0.717) is 23.6 Å². The first-order valence-electron chi connectivity index (χ1n) is 9.09. The molecule has 2 aromatic rings. The molecule has 2 rings (SSSR count). The summed E-state index contributed by atoms with van der Waals surface area (Å²) in [6, 6.07) is 12.2. The van der Waals surface area contributed by atoms with Crippen LogP contribution in [0.5, 0.6) is 0 Å². The zero-order chi connectivity index (χ0) is 21.3. The summed E-state index contributed by atoms with van der Waals surface area (Å²) in [5.41, 5.74) is 0.595. The van der Waals surface area contributed by atoms with Crippen molar-refractivity contribution in [1.82, 2.24) is 5.32 Å². The summed E-state index contributed by atoms with van der Waals surface area (Å²) in [4.78, 5) is 11.9. The van der Waals surface area contributed by atoms with Gasteiger partial charge in [0.15, 0.2) is 0 Å². The molecule has 0 aliphatic rings. The monoisotopic (exact) mass is 442 g/mol. The van der Waals surface area contributed by atoms with Gasteiger partial charge in [-0.3, -0.25) is 9.10 Å². The summed E-state index contributed by atoms with van der Waals surface area (Å²) >= 11 is 1.51. The van der Waals surface area contributed by atoms with E-state index < -0.39 is 15.8 Å². The molecule has 1 amide bonds. The normalized spacial score (nSPS) is 11.3. The molecule has 0 bridgehead atoms. The van der Waals surface area contributed by atoms with Gasteiger partial charge in [0.05, 0.1) is 11.9 Å². The Labute approximate surface area is 174 Å². The van der Waals surface area contributed by atoms with Gasteiger partial charge in [-0.2, -0.15) is 11.8 Å². The smallest absolute Gasteiger partial charge is 0.232 e. The number of para-hydroxylation sites is 1. The molecular weight excluding hydrogens is 418 g/mol. The lowest BCUT2D eigenvalue weighted by Crippen LogP contribution is -2.33. The lowest BCUT2D eigenvalue weighted by Gasteiger charge is -2.22. The van der Waals surface area contributed by atoms with E-state index in [1.54, 1.807) is 24.3 Å². The van der Waals surface area contributed by atoms with Crippen molar-refractivity contribution >= 4 is 33.4 Å². The number of anilines is 1. The molecule has 0 radical (unpaired) electrons. The fraction of sp³-hybridized carbons (Fsp3) is 0.350. The fourth-order valence-corrected chi connectivity index (χ4v) is 4.46. The van der Waals surface area contributed by atoms with Gasteiger partial charge in [0.2, 0.25) is 15.9 Å². The highest BCUT2D eigenvalue weighted by atomic mass is 32.2. The molecule has 0 aromatic heterocycles. The molecule has 9 heteroatoms. The van der Waals surface area contributed by atoms with Gasteiger partial charge in [-0.05, 0) is 30.2 Å². The second-order valence-corrected chi connectivity index (χ2v) is 9.40. The van der Waals surface area contributed by atoms with Crippen molar-refractivity contribution in [2.75, 3.05) is 29.4 Å². The number of nitrogens with zero attached hydrogens (tertiary/aromatic N) is 1. The van der Waals surface area contributed by atoms with Crippen molar-refractivity contribution in [3.63, 3.8) is 0 Å². The summed E-state index contributed by atoms with van der Waals surface area (Å²) in [6.45, 7) is 0.441. The molecule has 0 aliphatic carbocycles. The number of rotatable bonds is 11. The van der Waals surface area contributed by atoms with Gasteiger partial charge in [0, 0.05) is 31.0 Å². The van der Waals surface area contributed by atoms with Crippen LogP contribution in [0.3, 0.4) is 0 Å². The number of benzene rings is 2. The summed E-state index contributed by atoms with van der Waals surface area (Å²) < 4.78 is 52.4. The average molecular weight is 443 g/mol. The van der Waals surface area contributed by atoms with Gasteiger partial charge < -0.3 is 5.32 Å². The van der Waals surface area contributed by atoms with Crippen LogP contribution < -0.4 is 9.62 Å². The molecule has 5 nitrogen and oxygen atoms in total. The average Bonchev–Trinajstić information content (AvgIpc) is 2.66. The van der Waals surface area contributed by atoms with Crippen molar-refractivity contribution in [3.8, 4) is 0 Å². The predicted molar refractivity (Wildman–Crippen MR) is 113 cm³/mol. The van der Waals surface area contributed by atoms with Crippen LogP contribution in [0.1, 0.15) is 18.4 Å². The maximum atomic E-state index is 13.9. The van der Waals surface area contributed by atoms with Crippen molar-refractivity contribution in [2.45, 2.75) is 18.6 Å². The Morgan fingerprint density at radius 1 is 1.07 bits per heavy atom. The Bertz CT molecular complexity index is 923. The topological polar surface area (TPSA) is 66.5 Å². The maximum absolute atomic E-state index is 13.9. The largest absolute Gasteiger partial charge is 0.355 e. The molecule has 0 aliphatic heterocycles. The minimum atomic E-state index is -3.66.